The van der Waals surface area contributed by atoms with E-state index in [-0.39, 0.29) is 11.8 Å². The van der Waals surface area contributed by atoms with Gasteiger partial charge in [0.2, 0.25) is 5.91 Å². The predicted molar refractivity (Wildman–Crippen MR) is 121 cm³/mol. The second-order valence-electron chi connectivity index (χ2n) is 7.19. The molecule has 30 heavy (non-hydrogen) atoms. The first-order valence-corrected chi connectivity index (χ1v) is 10.2. The van der Waals surface area contributed by atoms with Crippen molar-refractivity contribution in [2.24, 2.45) is 0 Å². The summed E-state index contributed by atoms with van der Waals surface area (Å²) < 4.78 is 5.17. The molecular formula is C25H23ClN2O2. The molecule has 0 spiro atoms. The van der Waals surface area contributed by atoms with Gasteiger partial charge in [0, 0.05) is 34.6 Å². The zero-order chi connectivity index (χ0) is 20.9. The molecule has 0 bridgehead atoms. The molecule has 1 aromatic heterocycles. The molecule has 0 aliphatic rings. The number of fused-ring (bicyclic) bond motifs is 1. The van der Waals surface area contributed by atoms with Crippen molar-refractivity contribution < 1.29 is 9.53 Å². The van der Waals surface area contributed by atoms with Crippen molar-refractivity contribution in [1.29, 1.82) is 0 Å². The normalized spacial score (nSPS) is 11.9. The van der Waals surface area contributed by atoms with E-state index >= 15 is 0 Å². The topological polar surface area (TPSA) is 54.1 Å². The average Bonchev–Trinajstić information content (AvgIpc) is 3.20. The van der Waals surface area contributed by atoms with E-state index in [2.05, 4.69) is 16.4 Å². The van der Waals surface area contributed by atoms with Crippen molar-refractivity contribution in [2.45, 2.75) is 12.3 Å². The van der Waals surface area contributed by atoms with Crippen LogP contribution in [0.1, 0.15) is 22.6 Å². The van der Waals surface area contributed by atoms with Crippen LogP contribution >= 0.6 is 11.6 Å². The Morgan fingerprint density at radius 2 is 1.73 bits per heavy atom. The number of nitrogens with one attached hydrogen (secondary N) is 2. The molecule has 1 unspecified atom stereocenters. The first kappa shape index (κ1) is 20.0. The number of methoxy groups -OCH3 is 1. The minimum Gasteiger partial charge on any atom is -0.497 e. The van der Waals surface area contributed by atoms with Crippen molar-refractivity contribution in [2.75, 3.05) is 13.7 Å². The first-order chi connectivity index (χ1) is 14.7. The molecule has 1 amide bonds. The number of carbonyl (C=O) groups excluding carboxylic acids is 1. The Morgan fingerprint density at radius 3 is 2.50 bits per heavy atom. The van der Waals surface area contributed by atoms with Crippen molar-refractivity contribution in [1.82, 2.24) is 10.3 Å². The molecule has 0 saturated carbocycles. The molecule has 0 aliphatic carbocycles. The molecular weight excluding hydrogens is 396 g/mol. The Hall–Kier alpha value is -3.24. The average molecular weight is 419 g/mol. The maximum absolute atomic E-state index is 12.6. The predicted octanol–water partition coefficient (Wildman–Crippen LogP) is 5.32. The van der Waals surface area contributed by atoms with E-state index in [1.807, 2.05) is 72.9 Å². The van der Waals surface area contributed by atoms with Gasteiger partial charge in [-0.05, 0) is 41.0 Å². The molecule has 2 N–H and O–H groups in total. The summed E-state index contributed by atoms with van der Waals surface area (Å²) in [5.74, 6) is 0.684. The smallest absolute Gasteiger partial charge is 0.224 e. The van der Waals surface area contributed by atoms with Crippen LogP contribution in [0.15, 0.2) is 79.0 Å². The number of H-pyrrole nitrogens is 1. The van der Waals surface area contributed by atoms with Crippen molar-refractivity contribution in [3.05, 3.63) is 101 Å². The number of halogens is 1. The van der Waals surface area contributed by atoms with Crippen molar-refractivity contribution in [3.8, 4) is 5.75 Å². The third kappa shape index (κ3) is 4.34. The Balaban J connectivity index is 1.56. The highest BCUT2D eigenvalue weighted by atomic mass is 35.5. The molecule has 1 heterocycles. The molecule has 5 heteroatoms. The zero-order valence-electron chi connectivity index (χ0n) is 16.7. The highest BCUT2D eigenvalue weighted by Crippen LogP contribution is 2.34. The van der Waals surface area contributed by atoms with Crippen molar-refractivity contribution >= 4 is 28.4 Å². The van der Waals surface area contributed by atoms with Gasteiger partial charge in [-0.2, -0.15) is 0 Å². The van der Waals surface area contributed by atoms with Crippen LogP contribution in [-0.2, 0) is 11.2 Å². The summed E-state index contributed by atoms with van der Waals surface area (Å²) in [6.45, 7) is 0.459. The van der Waals surface area contributed by atoms with Gasteiger partial charge in [0.15, 0.2) is 0 Å². The van der Waals surface area contributed by atoms with E-state index in [0.717, 1.165) is 33.3 Å². The quantitative estimate of drug-likeness (QED) is 0.426. The van der Waals surface area contributed by atoms with Gasteiger partial charge in [0.1, 0.15) is 5.75 Å². The summed E-state index contributed by atoms with van der Waals surface area (Å²) in [7, 11) is 1.63. The number of carbonyl (C=O) groups is 1. The van der Waals surface area contributed by atoms with Gasteiger partial charge < -0.3 is 15.0 Å². The van der Waals surface area contributed by atoms with E-state index < -0.39 is 0 Å². The van der Waals surface area contributed by atoms with Gasteiger partial charge in [-0.1, -0.05) is 60.1 Å². The standard InChI is InChI=1S/C25H23ClN2O2/c1-30-18-12-10-17(11-13-18)14-25(29)28-16-21(19-6-2-4-8-23(19)26)22-15-27-24-9-5-3-7-20(22)24/h2-13,15,21,27H,14,16H2,1H3,(H,28,29). The number of ether oxygens (including phenoxy) is 1. The van der Waals surface area contributed by atoms with E-state index in [4.69, 9.17) is 16.3 Å². The van der Waals surface area contributed by atoms with Crippen LogP contribution in [0.25, 0.3) is 10.9 Å². The van der Waals surface area contributed by atoms with Crippen LogP contribution in [0.5, 0.6) is 5.75 Å². The summed E-state index contributed by atoms with van der Waals surface area (Å²) >= 11 is 6.53. The Morgan fingerprint density at radius 1 is 1.00 bits per heavy atom. The summed E-state index contributed by atoms with van der Waals surface area (Å²) in [4.78, 5) is 16.0. The van der Waals surface area contributed by atoms with Crippen LogP contribution in [0.4, 0.5) is 0 Å². The van der Waals surface area contributed by atoms with Gasteiger partial charge in [-0.3, -0.25) is 4.79 Å². The number of hydrogen-bond donors (Lipinski definition) is 2. The second kappa shape index (κ2) is 9.06. The number of hydrogen-bond acceptors (Lipinski definition) is 2. The third-order valence-electron chi connectivity index (χ3n) is 5.30. The van der Waals surface area contributed by atoms with Crippen molar-refractivity contribution in [3.63, 3.8) is 0 Å². The number of benzene rings is 3. The summed E-state index contributed by atoms with van der Waals surface area (Å²) in [6, 6.07) is 23.5. The van der Waals surface area contributed by atoms with Crippen LogP contribution in [-0.4, -0.2) is 24.5 Å². The van der Waals surface area contributed by atoms with E-state index in [1.165, 1.54) is 0 Å². The monoisotopic (exact) mass is 418 g/mol. The lowest BCUT2D eigenvalue weighted by Crippen LogP contribution is -2.30. The van der Waals surface area contributed by atoms with E-state index in [1.54, 1.807) is 7.11 Å². The maximum atomic E-state index is 12.6. The highest BCUT2D eigenvalue weighted by molar-refractivity contribution is 6.31. The molecule has 0 saturated heterocycles. The second-order valence-corrected chi connectivity index (χ2v) is 7.60. The molecule has 3 aromatic carbocycles. The van der Waals surface area contributed by atoms with Gasteiger partial charge in [-0.15, -0.1) is 0 Å². The van der Waals surface area contributed by atoms with Crippen LogP contribution in [0, 0.1) is 0 Å². The fourth-order valence-electron chi connectivity index (χ4n) is 3.73. The lowest BCUT2D eigenvalue weighted by atomic mass is 9.90. The van der Waals surface area contributed by atoms with Gasteiger partial charge >= 0.3 is 0 Å². The zero-order valence-corrected chi connectivity index (χ0v) is 17.4. The lowest BCUT2D eigenvalue weighted by Gasteiger charge is -2.19. The Kier molecular flexibility index (Phi) is 6.05. The number of aromatic nitrogens is 1. The summed E-state index contributed by atoms with van der Waals surface area (Å²) in [5, 5.41) is 4.92. The van der Waals surface area contributed by atoms with E-state index in [0.29, 0.717) is 18.0 Å². The molecule has 4 aromatic rings. The molecule has 0 radical (unpaired) electrons. The van der Waals surface area contributed by atoms with E-state index in [9.17, 15) is 4.79 Å². The van der Waals surface area contributed by atoms with Gasteiger partial charge in [-0.25, -0.2) is 0 Å². The third-order valence-corrected chi connectivity index (χ3v) is 5.65. The fraction of sp³-hybridized carbons (Fsp3) is 0.160. The van der Waals surface area contributed by atoms with Crippen LogP contribution < -0.4 is 10.1 Å². The van der Waals surface area contributed by atoms with Crippen LogP contribution in [0.3, 0.4) is 0 Å². The maximum Gasteiger partial charge on any atom is 0.224 e. The summed E-state index contributed by atoms with van der Waals surface area (Å²) in [6.07, 6.45) is 2.32. The minimum absolute atomic E-state index is 0.0305. The number of para-hydroxylation sites is 1. The number of aromatic amines is 1. The molecule has 4 nitrogen and oxygen atoms in total. The molecule has 0 fully saturated rings. The van der Waals surface area contributed by atoms with Gasteiger partial charge in [0.25, 0.3) is 0 Å². The molecule has 4 rings (SSSR count). The fourth-order valence-corrected chi connectivity index (χ4v) is 4.00. The lowest BCUT2D eigenvalue weighted by molar-refractivity contribution is -0.120. The number of rotatable bonds is 7. The minimum atomic E-state index is -0.0605. The largest absolute Gasteiger partial charge is 0.497 e. The molecule has 152 valence electrons. The Bertz CT molecular complexity index is 1150. The summed E-state index contributed by atoms with van der Waals surface area (Å²) in [5.41, 5.74) is 4.11. The van der Waals surface area contributed by atoms with Crippen LogP contribution in [0.2, 0.25) is 5.02 Å². The first-order valence-electron chi connectivity index (χ1n) is 9.86. The SMILES string of the molecule is COc1ccc(CC(=O)NCC(c2ccccc2Cl)c2c[nH]c3ccccc23)cc1. The highest BCUT2D eigenvalue weighted by Gasteiger charge is 2.21. The Labute approximate surface area is 180 Å². The van der Waals surface area contributed by atoms with Gasteiger partial charge in [0.05, 0.1) is 13.5 Å². The molecule has 1 atom stereocenters. The number of amides is 1. The molecule has 0 aliphatic heterocycles.